The maximum atomic E-state index is 13.2. The number of nitrogen functional groups attached to an aromatic ring is 2. The van der Waals surface area contributed by atoms with Crippen LogP contribution in [0.3, 0.4) is 0 Å². The van der Waals surface area contributed by atoms with Gasteiger partial charge in [0.05, 0.1) is 55.3 Å². The predicted octanol–water partition coefficient (Wildman–Crippen LogP) is -1.31. The summed E-state index contributed by atoms with van der Waals surface area (Å²) in [4.78, 5) is 134. The number of carbonyl (C=O) groups excluding carboxylic acids is 7. The van der Waals surface area contributed by atoms with Gasteiger partial charge in [0.25, 0.3) is 11.1 Å². The standard InChI is InChI=1S/C36H57N13O9S2.C10H12ClN5O4.C2HF3O2.C2H5NO/c37-26-15-24-31(34(55)47-26)43-19-49(24)20-57-13-14-58-29(52)18-59-16-23(32(38)53)45-33(54)21(7-6-12-42-35(39)40)44-28(51)10-2-1-5-11-41-27(50)9-4-3-8-25-30-22(17-60-25)46-36(56)48-30;11-3-6(17)20-2-1-19-5-16-4-13-7-8(16)14-10(12)15-9(7)18;3-2(4,5)1(6)7;1-2(3)4/h15,19,21-23,25,30H,1-14,16-18,20H2,(H14,37,38,39,40,41,42,44,45,46,47,48,50,51,53,54,55,56);4H,1-3,5H2,(H3,12,14,15,18);(H,6,7);1H3,(H2,3,4)/p-2/t21?,22-,23-,25?,30-;;;/m0.../s1. The lowest BCUT2D eigenvalue weighted by molar-refractivity contribution is -0.222. The van der Waals surface area contributed by atoms with Crippen LogP contribution in [0.15, 0.2) is 33.3 Å². The Hall–Kier alpha value is -8.63. The number of aliphatic carboxylic acids is 1. The summed E-state index contributed by atoms with van der Waals surface area (Å²) in [5.41, 5.74) is 26.8. The molecule has 0 aliphatic carbocycles. The number of imidazole rings is 2. The molecular weight excluding hydrogens is 1280 g/mol. The third-order valence-electron chi connectivity index (χ3n) is 12.1. The zero-order chi connectivity index (χ0) is 67.6. The highest BCUT2D eigenvalue weighted by Crippen LogP contribution is 2.33. The van der Waals surface area contributed by atoms with Crippen molar-refractivity contribution < 1.29 is 80.7 Å². The van der Waals surface area contributed by atoms with Crippen LogP contribution in [0.25, 0.3) is 27.5 Å². The molecule has 4 aromatic rings. The third kappa shape index (κ3) is 29.7. The normalized spacial score (nSPS) is 15.5. The van der Waals surface area contributed by atoms with Gasteiger partial charge in [0.15, 0.2) is 16.7 Å². The van der Waals surface area contributed by atoms with Gasteiger partial charge in [0.1, 0.15) is 44.4 Å². The number of nitrogens with one attached hydrogen (secondary N) is 7. The highest BCUT2D eigenvalue weighted by atomic mass is 35.5. The van der Waals surface area contributed by atoms with Crippen LogP contribution in [0.4, 0.5) is 29.7 Å². The number of carbonyl (C=O) groups is 8. The lowest BCUT2D eigenvalue weighted by atomic mass is 10.0. The molecule has 2 saturated heterocycles. The number of guanidine groups is 1. The smallest absolute Gasteiger partial charge is 0.490 e. The Morgan fingerprint density at radius 3 is 2.16 bits per heavy atom. The van der Waals surface area contributed by atoms with Crippen LogP contribution < -0.4 is 66.2 Å². The molecule has 6 rings (SSSR count). The number of amides is 6. The van der Waals surface area contributed by atoms with Crippen LogP contribution in [0.1, 0.15) is 71.1 Å². The molecule has 18 N–H and O–H groups in total. The van der Waals surface area contributed by atoms with E-state index in [4.69, 9.17) is 68.8 Å². The number of thioether (sulfide) groups is 2. The largest absolute Gasteiger partial charge is 0.861 e. The number of aliphatic imine (C=N–C) groups is 1. The van der Waals surface area contributed by atoms with Gasteiger partial charge in [-0.2, -0.15) is 29.9 Å². The maximum absolute atomic E-state index is 13.2. The van der Waals surface area contributed by atoms with Gasteiger partial charge in [0, 0.05) is 49.1 Å². The summed E-state index contributed by atoms with van der Waals surface area (Å²) in [7, 11) is 0. The molecule has 41 heteroatoms. The number of carboxylic acid groups (broad SMARTS) is 1. The van der Waals surface area contributed by atoms with Crippen molar-refractivity contribution in [3.63, 3.8) is 0 Å². The number of H-pyrrole nitrogens is 2. The summed E-state index contributed by atoms with van der Waals surface area (Å²) in [6.45, 7) is 2.29. The number of ether oxygens (including phenoxy) is 4. The fourth-order valence-electron chi connectivity index (χ4n) is 7.97. The van der Waals surface area contributed by atoms with Crippen LogP contribution in [0.2, 0.25) is 0 Å². The molecule has 4 aromatic heterocycles. The number of anilines is 2. The quantitative estimate of drug-likeness (QED) is 0.00645. The van der Waals surface area contributed by atoms with Crippen LogP contribution in [-0.2, 0) is 66.0 Å². The van der Waals surface area contributed by atoms with E-state index in [1.54, 1.807) is 10.6 Å². The molecule has 2 fully saturated rings. The SMILES string of the molecule is CC(N)=O.N=C(N)[N-]CCCC(NC(=O)CCCCCNC(=O)CCCCC1SC[C@@H]2NC(=O)N[C@H]12)C([O-])=N[C@@H](CSCC(=O)OCCOCn1cnc2c(=O)[nH]c(N)cc21)C(N)=O.Nc1nc2c(ncn2COCCOC(=O)CCl)c(=O)[nH]1.O=C(O)C(F)(F)F. The number of hydrogen-bond acceptors (Lipinski definition) is 24. The van der Waals surface area contributed by atoms with Crippen LogP contribution in [-0.4, -0.2) is 197 Å². The Kier molecular flexibility index (Phi) is 33.8. The number of nitrogens with two attached hydrogens (primary N) is 5. The Morgan fingerprint density at radius 1 is 0.901 bits per heavy atom. The monoisotopic (exact) mass is 1350 g/mol. The number of primary amides is 2. The third-order valence-corrected chi connectivity index (χ3v) is 14.8. The first-order valence-corrected chi connectivity index (χ1v) is 30.3. The molecule has 5 atom stereocenters. The fourth-order valence-corrected chi connectivity index (χ4v) is 10.4. The first-order valence-electron chi connectivity index (χ1n) is 27.6. The average molecular weight is 1350 g/mol. The number of fused-ring (bicyclic) bond motifs is 3. The van der Waals surface area contributed by atoms with Gasteiger partial charge in [-0.3, -0.25) is 52.9 Å². The van der Waals surface area contributed by atoms with Crippen molar-refractivity contribution in [2.45, 2.75) is 120 Å². The van der Waals surface area contributed by atoms with Gasteiger partial charge in [-0.25, -0.2) is 19.6 Å². The molecule has 2 unspecified atom stereocenters. The molecule has 2 aliphatic rings. The number of aromatic nitrogens is 7. The molecule has 0 aromatic carbocycles. The summed E-state index contributed by atoms with van der Waals surface area (Å²) >= 11 is 8.10. The number of hydrogen-bond donors (Lipinski definition) is 13. The predicted molar refractivity (Wildman–Crippen MR) is 325 cm³/mol. The summed E-state index contributed by atoms with van der Waals surface area (Å²) in [6, 6.07) is -0.583. The van der Waals surface area contributed by atoms with Crippen molar-refractivity contribution in [1.29, 1.82) is 5.41 Å². The molecule has 2 aliphatic heterocycles. The van der Waals surface area contributed by atoms with E-state index in [2.05, 4.69) is 62.2 Å². The number of halogens is 4. The van der Waals surface area contributed by atoms with Crippen LogP contribution in [0, 0.1) is 5.41 Å². The number of urea groups is 1. The second-order valence-corrected chi connectivity index (χ2v) is 21.9. The molecule has 91 heavy (non-hydrogen) atoms. The van der Waals surface area contributed by atoms with E-state index >= 15 is 0 Å². The maximum Gasteiger partial charge on any atom is 0.490 e. The number of rotatable bonds is 34. The van der Waals surface area contributed by atoms with Crippen molar-refractivity contribution >= 4 is 129 Å². The van der Waals surface area contributed by atoms with Crippen molar-refractivity contribution in [2.75, 3.05) is 74.1 Å². The van der Waals surface area contributed by atoms with Gasteiger partial charge in [-0.15, -0.1) is 23.4 Å². The minimum absolute atomic E-state index is 0.000271. The van der Waals surface area contributed by atoms with E-state index in [9.17, 15) is 61.4 Å². The summed E-state index contributed by atoms with van der Waals surface area (Å²) in [5.74, 6) is -6.04. The van der Waals surface area contributed by atoms with Crippen molar-refractivity contribution in [3.8, 4) is 0 Å². The number of carboxylic acids is 1. The van der Waals surface area contributed by atoms with Gasteiger partial charge in [0.2, 0.25) is 29.6 Å². The minimum Gasteiger partial charge on any atom is -0.861 e. The lowest BCUT2D eigenvalue weighted by Gasteiger charge is -2.26. The number of esters is 2. The second-order valence-electron chi connectivity index (χ2n) is 19.4. The van der Waals surface area contributed by atoms with E-state index < -0.39 is 65.0 Å². The molecule has 6 amide bonds. The summed E-state index contributed by atoms with van der Waals surface area (Å²) in [5, 5.41) is 43.3. The number of unbranched alkanes of at least 4 members (excludes halogenated alkanes) is 3. The van der Waals surface area contributed by atoms with E-state index in [-0.39, 0.29) is 135 Å². The second kappa shape index (κ2) is 40.2. The van der Waals surface area contributed by atoms with Gasteiger partial charge < -0.3 is 99.4 Å². The zero-order valence-corrected chi connectivity index (χ0v) is 51.5. The number of pyridine rings is 1. The Labute approximate surface area is 529 Å². The average Bonchev–Trinajstić information content (AvgIpc) is 1.73. The highest BCUT2D eigenvalue weighted by Gasteiger charge is 2.42. The van der Waals surface area contributed by atoms with E-state index in [1.165, 1.54) is 24.1 Å². The lowest BCUT2D eigenvalue weighted by Crippen LogP contribution is -2.47. The van der Waals surface area contributed by atoms with Crippen LogP contribution >= 0.6 is 35.1 Å². The zero-order valence-electron chi connectivity index (χ0n) is 49.1. The topological polar surface area (TPSA) is 560 Å². The van der Waals surface area contributed by atoms with Crippen molar-refractivity contribution in [3.05, 3.63) is 44.7 Å². The molecule has 0 saturated carbocycles. The summed E-state index contributed by atoms with van der Waals surface area (Å²) < 4.78 is 55.5. The molecule has 0 spiro atoms. The highest BCUT2D eigenvalue weighted by molar-refractivity contribution is 8.00. The van der Waals surface area contributed by atoms with E-state index in [1.807, 2.05) is 11.8 Å². The minimum atomic E-state index is -5.08. The number of aromatic amines is 2. The number of nitrogens with zero attached hydrogens (tertiary/aromatic N) is 7. The molecule has 35 nitrogen and oxygen atoms in total. The summed E-state index contributed by atoms with van der Waals surface area (Å²) in [6.07, 6.45) is 3.14. The Bertz CT molecular complexity index is 3220. The molecule has 6 heterocycles. The van der Waals surface area contributed by atoms with Crippen molar-refractivity contribution in [2.24, 2.45) is 22.2 Å². The molecule has 0 bridgehead atoms. The van der Waals surface area contributed by atoms with Gasteiger partial charge in [-0.1, -0.05) is 12.8 Å². The first-order chi connectivity index (χ1) is 43.1. The Morgan fingerprint density at radius 2 is 1.52 bits per heavy atom. The van der Waals surface area contributed by atoms with Gasteiger partial charge >= 0.3 is 30.1 Å². The first kappa shape index (κ1) is 76.6. The number of alkyl halides is 4. The van der Waals surface area contributed by atoms with Crippen molar-refractivity contribution in [1.82, 2.24) is 55.3 Å². The molecule has 0 radical (unpaired) electrons. The molecular formula is C50H73ClF3N19O16S2-2. The van der Waals surface area contributed by atoms with E-state index in [0.717, 1.165) is 36.8 Å². The fraction of sp³-hybridized carbons (Fsp3) is 0.580. The van der Waals surface area contributed by atoms with E-state index in [0.29, 0.717) is 55.1 Å². The van der Waals surface area contributed by atoms with Crippen LogP contribution in [0.5, 0.6) is 0 Å². The Balaban J connectivity index is 0.000000566. The molecule has 506 valence electrons. The van der Waals surface area contributed by atoms with Gasteiger partial charge in [-0.05, 0) is 56.9 Å².